The highest BCUT2D eigenvalue weighted by Crippen LogP contribution is 2.49. The summed E-state index contributed by atoms with van der Waals surface area (Å²) in [4.78, 5) is 2.46. The Balaban J connectivity index is 1.87. The number of rotatable bonds is 4. The number of anilines is 2. The summed E-state index contributed by atoms with van der Waals surface area (Å²) in [6, 6.07) is 0.473. The second-order valence-corrected chi connectivity index (χ2v) is 6.17. The smallest absolute Gasteiger partial charge is 0.142 e. The summed E-state index contributed by atoms with van der Waals surface area (Å²) in [5, 5.41) is 10.5. The van der Waals surface area contributed by atoms with Crippen molar-refractivity contribution in [1.29, 1.82) is 0 Å². The lowest BCUT2D eigenvalue weighted by atomic mass is 9.99. The van der Waals surface area contributed by atoms with Crippen LogP contribution < -0.4 is 10.6 Å². The number of aliphatic hydroxyl groups is 1. The summed E-state index contributed by atoms with van der Waals surface area (Å²) >= 11 is 1.55. The largest absolute Gasteiger partial charge is 0.396 e. The van der Waals surface area contributed by atoms with Crippen LogP contribution in [0.1, 0.15) is 50.0 Å². The van der Waals surface area contributed by atoms with Crippen LogP contribution in [0.4, 0.5) is 10.8 Å². The predicted molar refractivity (Wildman–Crippen MR) is 75.2 cm³/mol. The number of piperidine rings is 1. The van der Waals surface area contributed by atoms with Gasteiger partial charge in [0, 0.05) is 24.8 Å². The minimum Gasteiger partial charge on any atom is -0.396 e. The number of hydrogen-bond donors (Lipinski definition) is 2. The number of aromatic nitrogens is 1. The number of nitrogens with zero attached hydrogens (tertiary/aromatic N) is 2. The van der Waals surface area contributed by atoms with Gasteiger partial charge in [0.15, 0.2) is 0 Å². The van der Waals surface area contributed by atoms with E-state index in [0.29, 0.717) is 12.0 Å². The molecule has 2 fully saturated rings. The zero-order valence-electron chi connectivity index (χ0n) is 10.6. The average molecular weight is 267 g/mol. The molecular weight excluding hydrogens is 246 g/mol. The van der Waals surface area contributed by atoms with Crippen molar-refractivity contribution in [3.8, 4) is 0 Å². The van der Waals surface area contributed by atoms with Gasteiger partial charge >= 0.3 is 0 Å². The van der Waals surface area contributed by atoms with Gasteiger partial charge in [0.25, 0.3) is 0 Å². The molecule has 3 rings (SSSR count). The van der Waals surface area contributed by atoms with Crippen molar-refractivity contribution >= 4 is 22.4 Å². The van der Waals surface area contributed by atoms with Crippen molar-refractivity contribution in [1.82, 2.24) is 4.37 Å². The zero-order valence-corrected chi connectivity index (χ0v) is 11.5. The van der Waals surface area contributed by atoms with E-state index in [1.165, 1.54) is 42.7 Å². The van der Waals surface area contributed by atoms with Crippen molar-refractivity contribution < 1.29 is 5.11 Å². The summed E-state index contributed by atoms with van der Waals surface area (Å²) < 4.78 is 4.36. The van der Waals surface area contributed by atoms with E-state index in [1.54, 1.807) is 11.5 Å². The van der Waals surface area contributed by atoms with Crippen molar-refractivity contribution in [2.24, 2.45) is 0 Å². The first-order chi connectivity index (χ1) is 8.81. The van der Waals surface area contributed by atoms with Gasteiger partial charge in [-0.25, -0.2) is 0 Å². The molecule has 1 aliphatic heterocycles. The van der Waals surface area contributed by atoms with Crippen LogP contribution in [0.25, 0.3) is 0 Å². The maximum Gasteiger partial charge on any atom is 0.142 e. The van der Waals surface area contributed by atoms with Gasteiger partial charge < -0.3 is 15.7 Å². The maximum absolute atomic E-state index is 9.22. The first kappa shape index (κ1) is 12.2. The topological polar surface area (TPSA) is 62.4 Å². The zero-order chi connectivity index (χ0) is 12.5. The Morgan fingerprint density at radius 2 is 2.17 bits per heavy atom. The minimum atomic E-state index is 0.272. The van der Waals surface area contributed by atoms with E-state index in [2.05, 4.69) is 9.27 Å². The van der Waals surface area contributed by atoms with Gasteiger partial charge in [0.2, 0.25) is 0 Å². The molecule has 0 spiro atoms. The van der Waals surface area contributed by atoms with E-state index in [-0.39, 0.29) is 6.61 Å². The SMILES string of the molecule is Nc1nsc(N2CCCCC2CCO)c1C1CC1. The molecule has 1 unspecified atom stereocenters. The lowest BCUT2D eigenvalue weighted by Gasteiger charge is -2.36. The van der Waals surface area contributed by atoms with E-state index < -0.39 is 0 Å². The maximum atomic E-state index is 9.22. The summed E-state index contributed by atoms with van der Waals surface area (Å²) in [7, 11) is 0. The van der Waals surface area contributed by atoms with E-state index in [4.69, 9.17) is 5.73 Å². The summed E-state index contributed by atoms with van der Waals surface area (Å²) in [5.41, 5.74) is 7.33. The van der Waals surface area contributed by atoms with Gasteiger partial charge in [-0.2, -0.15) is 4.37 Å². The molecule has 18 heavy (non-hydrogen) atoms. The van der Waals surface area contributed by atoms with E-state index in [0.717, 1.165) is 18.8 Å². The third-order valence-corrected chi connectivity index (χ3v) is 4.99. The first-order valence-electron chi connectivity index (χ1n) is 6.93. The molecule has 1 saturated carbocycles. The molecule has 0 bridgehead atoms. The first-order valence-corrected chi connectivity index (χ1v) is 7.71. The van der Waals surface area contributed by atoms with Crippen LogP contribution in [-0.4, -0.2) is 28.7 Å². The molecule has 0 amide bonds. The normalized spacial score (nSPS) is 24.5. The van der Waals surface area contributed by atoms with E-state index >= 15 is 0 Å². The van der Waals surface area contributed by atoms with Crippen LogP contribution in [-0.2, 0) is 0 Å². The van der Waals surface area contributed by atoms with Gasteiger partial charge in [-0.05, 0) is 56.0 Å². The fourth-order valence-corrected chi connectivity index (χ4v) is 3.98. The Morgan fingerprint density at radius 3 is 2.89 bits per heavy atom. The molecular formula is C13H21N3OS. The number of nitrogen functional groups attached to an aromatic ring is 1. The molecule has 1 aromatic heterocycles. The van der Waals surface area contributed by atoms with Gasteiger partial charge in [-0.3, -0.25) is 0 Å². The number of aliphatic hydroxyl groups excluding tert-OH is 1. The predicted octanol–water partition coefficient (Wildman–Crippen LogP) is 2.34. The third-order valence-electron chi connectivity index (χ3n) is 4.07. The molecule has 100 valence electrons. The Labute approximate surface area is 112 Å². The van der Waals surface area contributed by atoms with Crippen molar-refractivity contribution in [3.63, 3.8) is 0 Å². The lowest BCUT2D eigenvalue weighted by Crippen LogP contribution is -2.40. The van der Waals surface area contributed by atoms with Gasteiger partial charge in [0.05, 0.1) is 0 Å². The minimum absolute atomic E-state index is 0.272. The van der Waals surface area contributed by atoms with Crippen molar-refractivity contribution in [2.45, 2.75) is 50.5 Å². The molecule has 1 saturated heterocycles. The Bertz CT molecular complexity index is 414. The van der Waals surface area contributed by atoms with Crippen LogP contribution in [0.2, 0.25) is 0 Å². The summed E-state index contributed by atoms with van der Waals surface area (Å²) in [6.45, 7) is 1.36. The summed E-state index contributed by atoms with van der Waals surface area (Å²) in [6.07, 6.45) is 7.07. The fraction of sp³-hybridized carbons (Fsp3) is 0.769. The van der Waals surface area contributed by atoms with Crippen molar-refractivity contribution in [2.75, 3.05) is 23.8 Å². The van der Waals surface area contributed by atoms with Crippen LogP contribution in [0.3, 0.4) is 0 Å². The second-order valence-electron chi connectivity index (χ2n) is 5.42. The highest BCUT2D eigenvalue weighted by atomic mass is 32.1. The Kier molecular flexibility index (Phi) is 3.43. The van der Waals surface area contributed by atoms with Gasteiger partial charge in [0.1, 0.15) is 10.8 Å². The molecule has 3 N–H and O–H groups in total. The van der Waals surface area contributed by atoms with Crippen LogP contribution in [0, 0.1) is 0 Å². The monoisotopic (exact) mass is 267 g/mol. The molecule has 1 aliphatic carbocycles. The average Bonchev–Trinajstić information content (AvgIpc) is 3.14. The number of nitrogens with two attached hydrogens (primary N) is 1. The third kappa shape index (κ3) is 2.21. The van der Waals surface area contributed by atoms with Gasteiger partial charge in [-0.15, -0.1) is 0 Å². The molecule has 1 atom stereocenters. The molecule has 1 aromatic rings. The number of hydrogen-bond acceptors (Lipinski definition) is 5. The molecule has 5 heteroatoms. The second kappa shape index (κ2) is 5.05. The van der Waals surface area contributed by atoms with E-state index in [9.17, 15) is 5.11 Å². The molecule has 2 aliphatic rings. The van der Waals surface area contributed by atoms with Crippen LogP contribution >= 0.6 is 11.5 Å². The van der Waals surface area contributed by atoms with Gasteiger partial charge in [-0.1, -0.05) is 0 Å². The van der Waals surface area contributed by atoms with E-state index in [1.807, 2.05) is 0 Å². The highest BCUT2D eigenvalue weighted by molar-refractivity contribution is 7.10. The quantitative estimate of drug-likeness (QED) is 0.879. The van der Waals surface area contributed by atoms with Crippen LogP contribution in [0.15, 0.2) is 0 Å². The molecule has 0 aromatic carbocycles. The fourth-order valence-electron chi connectivity index (χ4n) is 2.98. The standard InChI is InChI=1S/C13H21N3OS/c14-12-11(9-4-5-9)13(18-15-12)16-7-2-1-3-10(16)6-8-17/h9-10,17H,1-8H2,(H2,14,15). The summed E-state index contributed by atoms with van der Waals surface area (Å²) in [5.74, 6) is 1.39. The lowest BCUT2D eigenvalue weighted by molar-refractivity contribution is 0.262. The van der Waals surface area contributed by atoms with Crippen molar-refractivity contribution in [3.05, 3.63) is 5.56 Å². The Hall–Kier alpha value is -0.810. The molecule has 4 nitrogen and oxygen atoms in total. The van der Waals surface area contributed by atoms with Crippen LogP contribution in [0.5, 0.6) is 0 Å². The molecule has 0 radical (unpaired) electrons. The Morgan fingerprint density at radius 1 is 1.33 bits per heavy atom. The highest BCUT2D eigenvalue weighted by Gasteiger charge is 2.34. The molecule has 2 heterocycles.